The van der Waals surface area contributed by atoms with Gasteiger partial charge in [0, 0.05) is 12.6 Å². The van der Waals surface area contributed by atoms with E-state index in [1.165, 1.54) is 18.0 Å². The van der Waals surface area contributed by atoms with E-state index in [1.54, 1.807) is 25.1 Å². The van der Waals surface area contributed by atoms with Crippen LogP contribution in [0.3, 0.4) is 0 Å². The summed E-state index contributed by atoms with van der Waals surface area (Å²) >= 11 is 0. The fraction of sp³-hybridized carbons (Fsp3) is 0.474. The predicted octanol–water partition coefficient (Wildman–Crippen LogP) is 1.60. The van der Waals surface area contributed by atoms with Crippen molar-refractivity contribution in [2.75, 3.05) is 7.05 Å². The number of rotatable bonds is 4. The molecule has 1 atom stereocenters. The average Bonchev–Trinajstić information content (AvgIpc) is 2.93. The molecule has 1 aliphatic heterocycles. The molecule has 1 saturated carbocycles. The van der Waals surface area contributed by atoms with Crippen molar-refractivity contribution in [2.24, 2.45) is 0 Å². The first-order chi connectivity index (χ1) is 12.7. The molecular formula is C19H23N3O5. The van der Waals surface area contributed by atoms with E-state index in [2.05, 4.69) is 10.6 Å². The van der Waals surface area contributed by atoms with Gasteiger partial charge < -0.3 is 15.3 Å². The summed E-state index contributed by atoms with van der Waals surface area (Å²) in [6, 6.07) is 5.79. The van der Waals surface area contributed by atoms with Crippen LogP contribution in [0, 0.1) is 0 Å². The molecule has 1 aromatic carbocycles. The normalized spacial score (nSPS) is 24.1. The number of nitrogens with one attached hydrogen (secondary N) is 2. The number of aliphatic carboxylic acids is 1. The molecule has 2 aliphatic rings. The molecule has 3 N–H and O–H groups in total. The Labute approximate surface area is 156 Å². The number of carboxylic acid groups (broad SMARTS) is 1. The highest BCUT2D eigenvalue weighted by Gasteiger charge is 2.46. The third-order valence-electron chi connectivity index (χ3n) is 5.76. The van der Waals surface area contributed by atoms with Crippen LogP contribution in [0.4, 0.5) is 4.79 Å². The number of carbonyl (C=O) groups is 4. The molecule has 0 spiro atoms. The lowest BCUT2D eigenvalue weighted by Gasteiger charge is -2.41. The van der Waals surface area contributed by atoms with E-state index in [-0.39, 0.29) is 5.56 Å². The van der Waals surface area contributed by atoms with Crippen molar-refractivity contribution in [3.63, 3.8) is 0 Å². The zero-order chi connectivity index (χ0) is 19.8. The van der Waals surface area contributed by atoms with Crippen LogP contribution < -0.4 is 10.6 Å². The Hall–Kier alpha value is -2.90. The molecule has 3 rings (SSSR count). The number of benzene rings is 1. The van der Waals surface area contributed by atoms with Crippen LogP contribution in [0.15, 0.2) is 24.3 Å². The fourth-order valence-corrected chi connectivity index (χ4v) is 3.93. The topological polar surface area (TPSA) is 116 Å². The summed E-state index contributed by atoms with van der Waals surface area (Å²) < 4.78 is 0. The molecule has 0 radical (unpaired) electrons. The number of likely N-dealkylation sites (N-methyl/N-ethyl adjacent to an activating group) is 1. The van der Waals surface area contributed by atoms with Gasteiger partial charge in [-0.05, 0) is 37.5 Å². The molecule has 27 heavy (non-hydrogen) atoms. The van der Waals surface area contributed by atoms with Crippen LogP contribution in [0.5, 0.6) is 0 Å². The lowest BCUT2D eigenvalue weighted by Crippen LogP contribution is -2.56. The number of hydrogen-bond acceptors (Lipinski definition) is 4. The van der Waals surface area contributed by atoms with Crippen molar-refractivity contribution in [1.82, 2.24) is 15.5 Å². The Balaban J connectivity index is 1.92. The summed E-state index contributed by atoms with van der Waals surface area (Å²) in [6.07, 6.45) is 3.31. The van der Waals surface area contributed by atoms with Crippen molar-refractivity contribution in [1.29, 1.82) is 0 Å². The molecule has 1 heterocycles. The number of imide groups is 1. The minimum Gasteiger partial charge on any atom is -0.479 e. The second-order valence-corrected chi connectivity index (χ2v) is 7.38. The van der Waals surface area contributed by atoms with Gasteiger partial charge in [-0.3, -0.25) is 14.9 Å². The molecule has 1 unspecified atom stereocenters. The quantitative estimate of drug-likeness (QED) is 0.693. The molecule has 8 heteroatoms. The van der Waals surface area contributed by atoms with Crippen LogP contribution in [0.1, 0.15) is 54.9 Å². The molecule has 0 bridgehead atoms. The average molecular weight is 373 g/mol. The van der Waals surface area contributed by atoms with Crippen LogP contribution in [0.2, 0.25) is 0 Å². The van der Waals surface area contributed by atoms with Gasteiger partial charge in [-0.1, -0.05) is 31.4 Å². The van der Waals surface area contributed by atoms with Gasteiger partial charge in [-0.15, -0.1) is 0 Å². The highest BCUT2D eigenvalue weighted by Crippen LogP contribution is 2.34. The Morgan fingerprint density at radius 1 is 1.15 bits per heavy atom. The van der Waals surface area contributed by atoms with Crippen LogP contribution in [0.25, 0.3) is 0 Å². The van der Waals surface area contributed by atoms with Gasteiger partial charge >= 0.3 is 12.0 Å². The first kappa shape index (κ1) is 18.9. The predicted molar refractivity (Wildman–Crippen MR) is 96.0 cm³/mol. The lowest BCUT2D eigenvalue weighted by atomic mass is 9.80. The maximum atomic E-state index is 13.0. The third-order valence-corrected chi connectivity index (χ3v) is 5.76. The van der Waals surface area contributed by atoms with Crippen molar-refractivity contribution < 1.29 is 24.3 Å². The molecule has 1 saturated heterocycles. The van der Waals surface area contributed by atoms with Crippen LogP contribution in [-0.2, 0) is 15.1 Å². The fourth-order valence-electron chi connectivity index (χ4n) is 3.93. The van der Waals surface area contributed by atoms with Crippen LogP contribution >= 0.6 is 0 Å². The molecular weight excluding hydrogens is 350 g/mol. The minimum absolute atomic E-state index is 0.274. The lowest BCUT2D eigenvalue weighted by molar-refractivity contribution is -0.151. The van der Waals surface area contributed by atoms with E-state index in [0.717, 1.165) is 19.3 Å². The highest BCUT2D eigenvalue weighted by molar-refractivity contribution is 6.07. The first-order valence-electron chi connectivity index (χ1n) is 8.96. The summed E-state index contributed by atoms with van der Waals surface area (Å²) in [6.45, 7) is 1.56. The summed E-state index contributed by atoms with van der Waals surface area (Å²) in [5.74, 6) is -1.92. The van der Waals surface area contributed by atoms with Crippen molar-refractivity contribution in [2.45, 2.75) is 50.1 Å². The van der Waals surface area contributed by atoms with Gasteiger partial charge in [0.25, 0.3) is 11.8 Å². The molecule has 0 aromatic heterocycles. The van der Waals surface area contributed by atoms with Gasteiger partial charge in [0.05, 0.1) is 0 Å². The largest absolute Gasteiger partial charge is 0.479 e. The second kappa shape index (κ2) is 6.68. The van der Waals surface area contributed by atoms with E-state index in [4.69, 9.17) is 0 Å². The number of carbonyl (C=O) groups excluding carboxylic acids is 3. The first-order valence-corrected chi connectivity index (χ1v) is 8.96. The summed E-state index contributed by atoms with van der Waals surface area (Å²) in [7, 11) is 1.51. The Kier molecular flexibility index (Phi) is 4.67. The van der Waals surface area contributed by atoms with Gasteiger partial charge in [0.15, 0.2) is 0 Å². The minimum atomic E-state index is -1.28. The Morgan fingerprint density at radius 3 is 2.37 bits per heavy atom. The zero-order valence-electron chi connectivity index (χ0n) is 15.4. The van der Waals surface area contributed by atoms with Gasteiger partial charge in [0.2, 0.25) is 0 Å². The Bertz CT molecular complexity index is 815. The SMILES string of the molecule is CN(C(=O)c1cccc(C2(C)NC(=O)NC2=O)c1)C1(C(=O)O)CCCCC1. The summed E-state index contributed by atoms with van der Waals surface area (Å²) in [4.78, 5) is 50.0. The van der Waals surface area contributed by atoms with Crippen molar-refractivity contribution in [3.8, 4) is 0 Å². The highest BCUT2D eigenvalue weighted by atomic mass is 16.4. The molecule has 2 fully saturated rings. The third kappa shape index (κ3) is 3.05. The number of hydrogen-bond donors (Lipinski definition) is 3. The Morgan fingerprint density at radius 2 is 1.81 bits per heavy atom. The van der Waals surface area contributed by atoms with Crippen LogP contribution in [-0.4, -0.2) is 46.4 Å². The maximum absolute atomic E-state index is 13.0. The number of carboxylic acids is 1. The van der Waals surface area contributed by atoms with E-state index < -0.39 is 34.9 Å². The van der Waals surface area contributed by atoms with E-state index in [1.807, 2.05) is 0 Å². The monoisotopic (exact) mass is 373 g/mol. The summed E-state index contributed by atoms with van der Waals surface area (Å²) in [5, 5.41) is 14.5. The molecule has 144 valence electrons. The molecule has 8 nitrogen and oxygen atoms in total. The molecule has 4 amide bonds. The molecule has 1 aliphatic carbocycles. The zero-order valence-corrected chi connectivity index (χ0v) is 15.4. The second-order valence-electron chi connectivity index (χ2n) is 7.38. The van der Waals surface area contributed by atoms with Gasteiger partial charge in [0.1, 0.15) is 11.1 Å². The van der Waals surface area contributed by atoms with E-state index >= 15 is 0 Å². The van der Waals surface area contributed by atoms with Crippen molar-refractivity contribution >= 4 is 23.8 Å². The number of amides is 4. The maximum Gasteiger partial charge on any atom is 0.329 e. The van der Waals surface area contributed by atoms with Gasteiger partial charge in [-0.2, -0.15) is 0 Å². The number of urea groups is 1. The van der Waals surface area contributed by atoms with Crippen molar-refractivity contribution in [3.05, 3.63) is 35.4 Å². The molecule has 1 aromatic rings. The smallest absolute Gasteiger partial charge is 0.329 e. The number of nitrogens with zero attached hydrogens (tertiary/aromatic N) is 1. The van der Waals surface area contributed by atoms with E-state index in [9.17, 15) is 24.3 Å². The van der Waals surface area contributed by atoms with E-state index in [0.29, 0.717) is 18.4 Å². The van der Waals surface area contributed by atoms with Gasteiger partial charge in [-0.25, -0.2) is 9.59 Å². The standard InChI is InChI=1S/C19H23N3O5/c1-18(15(24)20-17(27)21-18)13-8-6-7-12(11-13)14(23)22(2)19(16(25)26)9-4-3-5-10-19/h6-8,11H,3-5,9-10H2,1-2H3,(H,25,26)(H2,20,21,24,27). The summed E-state index contributed by atoms with van der Waals surface area (Å²) in [5.41, 5.74) is -1.76.